The Bertz CT molecular complexity index is 3480. The molecule has 0 radical (unpaired) electrons. The highest BCUT2D eigenvalue weighted by Gasteiger charge is 2.35. The van der Waals surface area contributed by atoms with Crippen LogP contribution >= 0.6 is 0 Å². The summed E-state index contributed by atoms with van der Waals surface area (Å²) in [6, 6.07) is 70.5. The first-order valence-electron chi connectivity index (χ1n) is 20.4. The van der Waals surface area contributed by atoms with Crippen LogP contribution in [0, 0.1) is 0 Å². The third-order valence-electron chi connectivity index (χ3n) is 12.7. The molecule has 1 aliphatic rings. The molecule has 0 atom stereocenters. The molecule has 11 aromatic rings. The molecule has 0 N–H and O–H groups in total. The lowest BCUT2D eigenvalue weighted by Crippen LogP contribution is -2.14. The van der Waals surface area contributed by atoms with Crippen molar-refractivity contribution >= 4 is 43.9 Å². The normalized spacial score (nSPS) is 13.1. The summed E-state index contributed by atoms with van der Waals surface area (Å²) < 4.78 is 12.2. The molecule has 2 nitrogen and oxygen atoms in total. The maximum absolute atomic E-state index is 6.12. The van der Waals surface area contributed by atoms with Gasteiger partial charge < -0.3 is 8.83 Å². The van der Waals surface area contributed by atoms with Crippen LogP contribution < -0.4 is 0 Å². The lowest BCUT2D eigenvalue weighted by atomic mass is 9.82. The van der Waals surface area contributed by atoms with Crippen molar-refractivity contribution in [3.8, 4) is 66.8 Å². The lowest BCUT2D eigenvalue weighted by Gasteiger charge is -2.21. The fourth-order valence-electron chi connectivity index (χ4n) is 9.57. The van der Waals surface area contributed by atoms with Gasteiger partial charge in [-0.2, -0.15) is 0 Å². The molecule has 278 valence electrons. The third kappa shape index (κ3) is 5.41. The zero-order chi connectivity index (χ0) is 39.2. The van der Waals surface area contributed by atoms with E-state index in [4.69, 9.17) is 8.83 Å². The van der Waals surface area contributed by atoms with E-state index >= 15 is 0 Å². The van der Waals surface area contributed by atoms with E-state index in [-0.39, 0.29) is 5.41 Å². The quantitative estimate of drug-likeness (QED) is 0.175. The Morgan fingerprint density at radius 2 is 0.593 bits per heavy atom. The molecule has 2 heterocycles. The number of furan rings is 2. The predicted octanol–water partition coefficient (Wildman–Crippen LogP) is 16.1. The highest BCUT2D eigenvalue weighted by atomic mass is 16.3. The van der Waals surface area contributed by atoms with Gasteiger partial charge in [-0.15, -0.1) is 0 Å². The fourth-order valence-corrected chi connectivity index (χ4v) is 9.57. The first-order chi connectivity index (χ1) is 28.9. The summed E-state index contributed by atoms with van der Waals surface area (Å²) in [7, 11) is 0. The van der Waals surface area contributed by atoms with Gasteiger partial charge in [0, 0.05) is 27.0 Å². The molecule has 9 aromatic carbocycles. The van der Waals surface area contributed by atoms with Gasteiger partial charge in [0.2, 0.25) is 0 Å². The first kappa shape index (κ1) is 33.7. The Morgan fingerprint density at radius 1 is 0.271 bits per heavy atom. The van der Waals surface area contributed by atoms with E-state index in [9.17, 15) is 0 Å². The summed E-state index contributed by atoms with van der Waals surface area (Å²) in [6.45, 7) is 4.71. The Hall–Kier alpha value is -7.42. The van der Waals surface area contributed by atoms with Crippen molar-refractivity contribution in [2.45, 2.75) is 19.3 Å². The van der Waals surface area contributed by atoms with Crippen molar-refractivity contribution in [3.63, 3.8) is 0 Å². The second kappa shape index (κ2) is 12.8. The highest BCUT2D eigenvalue weighted by molar-refractivity contribution is 6.07. The summed E-state index contributed by atoms with van der Waals surface area (Å²) in [5.74, 6) is 0. The van der Waals surface area contributed by atoms with E-state index in [0.29, 0.717) is 0 Å². The van der Waals surface area contributed by atoms with Gasteiger partial charge in [0.25, 0.3) is 0 Å². The van der Waals surface area contributed by atoms with Crippen molar-refractivity contribution in [2.75, 3.05) is 0 Å². The van der Waals surface area contributed by atoms with Gasteiger partial charge in [0.05, 0.1) is 0 Å². The average molecular weight is 755 g/mol. The predicted molar refractivity (Wildman–Crippen MR) is 246 cm³/mol. The zero-order valence-electron chi connectivity index (χ0n) is 32.8. The first-order valence-corrected chi connectivity index (χ1v) is 20.4. The number of para-hydroxylation sites is 2. The van der Waals surface area contributed by atoms with Crippen LogP contribution in [-0.4, -0.2) is 0 Å². The molecule has 59 heavy (non-hydrogen) atoms. The minimum absolute atomic E-state index is 0.0968. The van der Waals surface area contributed by atoms with E-state index < -0.39 is 0 Å². The standard InChI is InChI=1S/C57H38O2/c1-57(2)51-24-20-41(37-12-7-10-35(28-37)36-11-8-14-39(29-36)43-22-26-55-49(33-43)45-16-3-5-18-53(45)58-55)31-47(51)48-32-42(21-25-52(48)57)38-13-9-15-40(30-38)44-23-27-56-50(34-44)46-17-4-6-19-54(46)59-56/h3-34H,1-2H3. The number of benzene rings is 9. The molecule has 12 rings (SSSR count). The molecule has 0 amide bonds. The third-order valence-corrected chi connectivity index (χ3v) is 12.7. The second-order valence-corrected chi connectivity index (χ2v) is 16.5. The monoisotopic (exact) mass is 754 g/mol. The van der Waals surface area contributed by atoms with Crippen LogP contribution in [0.5, 0.6) is 0 Å². The summed E-state index contributed by atoms with van der Waals surface area (Å²) in [5.41, 5.74) is 20.9. The van der Waals surface area contributed by atoms with E-state index in [1.54, 1.807) is 0 Å². The average Bonchev–Trinajstić information content (AvgIpc) is 3.93. The molecule has 0 aliphatic heterocycles. The van der Waals surface area contributed by atoms with Gasteiger partial charge in [-0.1, -0.05) is 141 Å². The highest BCUT2D eigenvalue weighted by Crippen LogP contribution is 2.51. The fraction of sp³-hybridized carbons (Fsp3) is 0.0526. The lowest BCUT2D eigenvalue weighted by molar-refractivity contribution is 0.660. The Kier molecular flexibility index (Phi) is 7.31. The van der Waals surface area contributed by atoms with Gasteiger partial charge in [-0.25, -0.2) is 0 Å². The van der Waals surface area contributed by atoms with E-state index in [0.717, 1.165) is 43.9 Å². The van der Waals surface area contributed by atoms with Crippen LogP contribution in [0.2, 0.25) is 0 Å². The maximum atomic E-state index is 6.12. The Labute approximate surface area is 342 Å². The largest absolute Gasteiger partial charge is 0.456 e. The molecule has 1 aliphatic carbocycles. The van der Waals surface area contributed by atoms with Crippen molar-refractivity contribution in [2.24, 2.45) is 0 Å². The van der Waals surface area contributed by atoms with Crippen molar-refractivity contribution in [3.05, 3.63) is 205 Å². The van der Waals surface area contributed by atoms with E-state index in [1.165, 1.54) is 77.9 Å². The van der Waals surface area contributed by atoms with Crippen LogP contribution in [0.25, 0.3) is 111 Å². The zero-order valence-corrected chi connectivity index (χ0v) is 32.8. The van der Waals surface area contributed by atoms with Crippen LogP contribution in [0.15, 0.2) is 203 Å². The molecule has 2 aromatic heterocycles. The van der Waals surface area contributed by atoms with E-state index in [2.05, 4.69) is 184 Å². The second-order valence-electron chi connectivity index (χ2n) is 16.5. The molecule has 0 spiro atoms. The van der Waals surface area contributed by atoms with Gasteiger partial charge in [0.15, 0.2) is 0 Å². The molecule has 0 bridgehead atoms. The van der Waals surface area contributed by atoms with Crippen molar-refractivity contribution in [1.29, 1.82) is 0 Å². The van der Waals surface area contributed by atoms with E-state index in [1.807, 2.05) is 24.3 Å². The number of rotatable bonds is 5. The van der Waals surface area contributed by atoms with Crippen LogP contribution in [0.4, 0.5) is 0 Å². The summed E-state index contributed by atoms with van der Waals surface area (Å²) in [6.07, 6.45) is 0. The molecule has 2 heteroatoms. The van der Waals surface area contributed by atoms with Crippen molar-refractivity contribution < 1.29 is 8.83 Å². The molecule has 0 saturated heterocycles. The van der Waals surface area contributed by atoms with Gasteiger partial charge >= 0.3 is 0 Å². The minimum Gasteiger partial charge on any atom is -0.456 e. The van der Waals surface area contributed by atoms with Crippen LogP contribution in [0.3, 0.4) is 0 Å². The smallest absolute Gasteiger partial charge is 0.135 e. The molecule has 0 unspecified atom stereocenters. The molecule has 0 saturated carbocycles. The van der Waals surface area contributed by atoms with Gasteiger partial charge in [-0.05, 0) is 145 Å². The summed E-state index contributed by atoms with van der Waals surface area (Å²) in [5, 5.41) is 4.58. The van der Waals surface area contributed by atoms with Crippen LogP contribution in [0.1, 0.15) is 25.0 Å². The summed E-state index contributed by atoms with van der Waals surface area (Å²) in [4.78, 5) is 0. The molecule has 0 fully saturated rings. The molecular weight excluding hydrogens is 717 g/mol. The minimum atomic E-state index is -0.0968. The number of hydrogen-bond donors (Lipinski definition) is 0. The Morgan fingerprint density at radius 3 is 1.00 bits per heavy atom. The SMILES string of the molecule is CC1(C)c2ccc(-c3cccc(-c4cccc(-c5ccc6oc7ccccc7c6c5)c4)c3)cc2-c2cc(-c3cccc(-c4ccc5oc6ccccc6c5c4)c3)ccc21. The Balaban J connectivity index is 0.884. The van der Waals surface area contributed by atoms with Crippen molar-refractivity contribution in [1.82, 2.24) is 0 Å². The van der Waals surface area contributed by atoms with Crippen LogP contribution in [-0.2, 0) is 5.41 Å². The maximum Gasteiger partial charge on any atom is 0.135 e. The topological polar surface area (TPSA) is 26.3 Å². The van der Waals surface area contributed by atoms with Gasteiger partial charge in [-0.3, -0.25) is 0 Å². The van der Waals surface area contributed by atoms with Gasteiger partial charge in [0.1, 0.15) is 22.3 Å². The number of hydrogen-bond acceptors (Lipinski definition) is 2. The number of fused-ring (bicyclic) bond motifs is 9. The summed E-state index contributed by atoms with van der Waals surface area (Å²) >= 11 is 0. The molecular formula is C57H38O2.